The smallest absolute Gasteiger partial charge is 0.207 e. The number of sulfone groups is 1. The largest absolute Gasteiger partial charge is 0.492 e. The Morgan fingerprint density at radius 2 is 0.662 bits per heavy atom. The molecule has 0 heterocycles. The minimum atomic E-state index is -4.31. The average molecular weight is 887 g/mol. The zero-order valence-electron chi connectivity index (χ0n) is 35.6. The Hall–Kier alpha value is -8.29. The Kier molecular flexibility index (Phi) is 12.7. The molecule has 8 aromatic rings. The third kappa shape index (κ3) is 10.2. The van der Waals surface area contributed by atoms with E-state index in [0.29, 0.717) is 116 Å². The first-order chi connectivity index (χ1) is 31.4. The summed E-state index contributed by atoms with van der Waals surface area (Å²) in [4.78, 5) is 0.0601. The van der Waals surface area contributed by atoms with Gasteiger partial charge in [0, 0.05) is 34.6 Å². The van der Waals surface area contributed by atoms with E-state index in [0.717, 1.165) is 0 Å². The van der Waals surface area contributed by atoms with E-state index in [1.807, 2.05) is 13.8 Å². The van der Waals surface area contributed by atoms with Gasteiger partial charge in [-0.1, -0.05) is 24.3 Å². The third-order valence-corrected chi connectivity index (χ3v) is 12.0. The van der Waals surface area contributed by atoms with Crippen LogP contribution in [0.4, 0.5) is 22.7 Å². The lowest BCUT2D eigenvalue weighted by atomic mass is 10.0. The summed E-state index contributed by atoms with van der Waals surface area (Å²) in [5, 5.41) is 0. The molecule has 0 saturated carbocycles. The Labute approximate surface area is 377 Å². The van der Waals surface area contributed by atoms with Crippen LogP contribution in [0, 0.1) is 0 Å². The summed E-state index contributed by atoms with van der Waals surface area (Å²) in [5.41, 5.74) is 28.1. The van der Waals surface area contributed by atoms with Gasteiger partial charge in [-0.25, -0.2) is 8.42 Å². The molecular formula is C52H46N4O8S. The standard InChI is InChI=1S/C52H46N4O8S/c1-3-59-49-31-43(21-25-47(49)55)63-41-23-27-51(45(29-41)33-5-13-37(14-6-33)61-39-17-9-35(53)10-18-39)65(57,58)52-28-24-42(64-44-22-26-48(56)50(32-44)60-4-2)30-46(52)34-7-15-38(16-8-34)62-40-19-11-36(54)12-20-40/h5-32H,3-4,53-56H2,1-2H3. The summed E-state index contributed by atoms with van der Waals surface area (Å²) >= 11 is 0. The van der Waals surface area contributed by atoms with Crippen molar-refractivity contribution in [3.05, 3.63) is 170 Å². The lowest BCUT2D eigenvalue weighted by Crippen LogP contribution is -2.07. The number of ether oxygens (including phenoxy) is 6. The van der Waals surface area contributed by atoms with E-state index in [1.165, 1.54) is 0 Å². The van der Waals surface area contributed by atoms with Crippen LogP contribution in [0.2, 0.25) is 0 Å². The van der Waals surface area contributed by atoms with Gasteiger partial charge in [-0.2, -0.15) is 0 Å². The normalized spacial score (nSPS) is 11.1. The van der Waals surface area contributed by atoms with Gasteiger partial charge in [0.05, 0.1) is 34.4 Å². The molecule has 8 rings (SSSR count). The molecule has 0 atom stereocenters. The van der Waals surface area contributed by atoms with Crippen molar-refractivity contribution in [2.45, 2.75) is 23.6 Å². The van der Waals surface area contributed by atoms with Crippen molar-refractivity contribution in [1.82, 2.24) is 0 Å². The molecule has 65 heavy (non-hydrogen) atoms. The van der Waals surface area contributed by atoms with Crippen molar-refractivity contribution in [3.8, 4) is 79.7 Å². The summed E-state index contributed by atoms with van der Waals surface area (Å²) in [7, 11) is -4.31. The molecule has 0 unspecified atom stereocenters. The van der Waals surface area contributed by atoms with E-state index in [4.69, 9.17) is 51.4 Å². The van der Waals surface area contributed by atoms with Crippen LogP contribution in [0.15, 0.2) is 180 Å². The summed E-state index contributed by atoms with van der Waals surface area (Å²) in [6, 6.07) is 48.2. The van der Waals surface area contributed by atoms with Gasteiger partial charge in [-0.15, -0.1) is 0 Å². The van der Waals surface area contributed by atoms with Crippen LogP contribution >= 0.6 is 0 Å². The second-order valence-corrected chi connectivity index (χ2v) is 16.6. The van der Waals surface area contributed by atoms with Crippen LogP contribution in [0.1, 0.15) is 13.8 Å². The molecule has 0 aliphatic heterocycles. The Morgan fingerprint density at radius 1 is 0.369 bits per heavy atom. The molecule has 0 radical (unpaired) electrons. The Morgan fingerprint density at radius 3 is 1.02 bits per heavy atom. The lowest BCUT2D eigenvalue weighted by molar-refractivity contribution is 0.340. The molecule has 13 heteroatoms. The molecule has 8 aromatic carbocycles. The predicted molar refractivity (Wildman–Crippen MR) is 255 cm³/mol. The predicted octanol–water partition coefficient (Wildman–Crippen LogP) is 12.1. The quantitative estimate of drug-likeness (QED) is 0.0672. The zero-order chi connectivity index (χ0) is 45.5. The summed E-state index contributed by atoms with van der Waals surface area (Å²) in [5.74, 6) is 4.86. The Bertz CT molecular complexity index is 2850. The summed E-state index contributed by atoms with van der Waals surface area (Å²) in [6.45, 7) is 4.55. The molecule has 0 aliphatic rings. The average Bonchev–Trinajstić information content (AvgIpc) is 3.31. The minimum absolute atomic E-state index is 0.0301. The molecule has 328 valence electrons. The van der Waals surface area contributed by atoms with Gasteiger partial charge in [0.25, 0.3) is 0 Å². The maximum absolute atomic E-state index is 15.3. The highest BCUT2D eigenvalue weighted by Gasteiger charge is 2.27. The van der Waals surface area contributed by atoms with Gasteiger partial charge >= 0.3 is 0 Å². The maximum Gasteiger partial charge on any atom is 0.207 e. The van der Waals surface area contributed by atoms with Crippen molar-refractivity contribution >= 4 is 32.6 Å². The molecule has 0 spiro atoms. The molecule has 0 aromatic heterocycles. The van der Waals surface area contributed by atoms with Crippen LogP contribution in [0.25, 0.3) is 22.3 Å². The highest BCUT2D eigenvalue weighted by Crippen LogP contribution is 2.42. The van der Waals surface area contributed by atoms with E-state index in [1.54, 1.807) is 170 Å². The second kappa shape index (κ2) is 19.0. The molecule has 0 saturated heterocycles. The topological polar surface area (TPSA) is 194 Å². The number of rotatable bonds is 16. The first kappa shape index (κ1) is 43.4. The number of anilines is 4. The first-order valence-electron chi connectivity index (χ1n) is 20.7. The lowest BCUT2D eigenvalue weighted by Gasteiger charge is -2.18. The van der Waals surface area contributed by atoms with E-state index in [2.05, 4.69) is 0 Å². The molecular weight excluding hydrogens is 841 g/mol. The number of nitrogen functional groups attached to an aromatic ring is 4. The molecule has 0 aliphatic carbocycles. The van der Waals surface area contributed by atoms with E-state index >= 15 is 8.42 Å². The number of nitrogens with two attached hydrogens (primary N) is 4. The maximum atomic E-state index is 15.3. The van der Waals surface area contributed by atoms with Crippen LogP contribution in [-0.2, 0) is 9.84 Å². The van der Waals surface area contributed by atoms with E-state index in [9.17, 15) is 0 Å². The van der Waals surface area contributed by atoms with Gasteiger partial charge in [0.1, 0.15) is 57.5 Å². The SMILES string of the molecule is CCOc1cc(Oc2ccc(S(=O)(=O)c3ccc(Oc4ccc(N)c(OCC)c4)cc3-c3ccc(Oc4ccc(N)cc4)cc3)c(-c3ccc(Oc4ccc(N)cc4)cc3)c2)ccc1N. The van der Waals surface area contributed by atoms with Crippen molar-refractivity contribution in [1.29, 1.82) is 0 Å². The van der Waals surface area contributed by atoms with Gasteiger partial charge < -0.3 is 51.4 Å². The molecule has 0 bridgehead atoms. The number of hydrogen-bond acceptors (Lipinski definition) is 12. The second-order valence-electron chi connectivity index (χ2n) is 14.7. The summed E-state index contributed by atoms with van der Waals surface area (Å²) in [6.07, 6.45) is 0. The highest BCUT2D eigenvalue weighted by molar-refractivity contribution is 7.91. The molecule has 0 amide bonds. The Balaban J connectivity index is 1.21. The fourth-order valence-electron chi connectivity index (χ4n) is 6.92. The number of benzene rings is 8. The van der Waals surface area contributed by atoms with Crippen molar-refractivity contribution in [2.75, 3.05) is 36.1 Å². The minimum Gasteiger partial charge on any atom is -0.492 e. The van der Waals surface area contributed by atoms with E-state index < -0.39 is 9.84 Å². The first-order valence-corrected chi connectivity index (χ1v) is 22.1. The summed E-state index contributed by atoms with van der Waals surface area (Å²) < 4.78 is 66.8. The van der Waals surface area contributed by atoms with Crippen LogP contribution in [0.5, 0.6) is 57.5 Å². The van der Waals surface area contributed by atoms with Crippen molar-refractivity contribution < 1.29 is 36.8 Å². The number of hydrogen-bond donors (Lipinski definition) is 4. The monoisotopic (exact) mass is 886 g/mol. The van der Waals surface area contributed by atoms with Gasteiger partial charge in [-0.05, 0) is 158 Å². The molecule has 0 fully saturated rings. The molecule has 8 N–H and O–H groups in total. The highest BCUT2D eigenvalue weighted by atomic mass is 32.2. The molecule has 12 nitrogen and oxygen atoms in total. The van der Waals surface area contributed by atoms with Crippen LogP contribution < -0.4 is 51.4 Å². The van der Waals surface area contributed by atoms with Gasteiger partial charge in [0.15, 0.2) is 0 Å². The third-order valence-electron chi connectivity index (χ3n) is 10.1. The van der Waals surface area contributed by atoms with Crippen molar-refractivity contribution in [3.63, 3.8) is 0 Å². The fourth-order valence-corrected chi connectivity index (χ4v) is 8.59. The van der Waals surface area contributed by atoms with Crippen LogP contribution in [-0.4, -0.2) is 21.6 Å². The van der Waals surface area contributed by atoms with Gasteiger partial charge in [-0.3, -0.25) is 0 Å². The zero-order valence-corrected chi connectivity index (χ0v) is 36.4. The van der Waals surface area contributed by atoms with Crippen molar-refractivity contribution in [2.24, 2.45) is 0 Å². The fraction of sp³-hybridized carbons (Fsp3) is 0.0769. The van der Waals surface area contributed by atoms with Gasteiger partial charge in [0.2, 0.25) is 9.84 Å². The van der Waals surface area contributed by atoms with Crippen LogP contribution in [0.3, 0.4) is 0 Å². The van der Waals surface area contributed by atoms with E-state index in [-0.39, 0.29) is 9.79 Å².